The molecular weight excluding hydrogens is 222 g/mol. The summed E-state index contributed by atoms with van der Waals surface area (Å²) in [5, 5.41) is 0. The second kappa shape index (κ2) is 3.99. The Morgan fingerprint density at radius 3 is 2.50 bits per heavy atom. The Balaban J connectivity index is 1.86. The summed E-state index contributed by atoms with van der Waals surface area (Å²) in [7, 11) is 0. The summed E-state index contributed by atoms with van der Waals surface area (Å²) in [4.78, 5) is 0. The fraction of sp³-hybridized carbons (Fsp3) is 0.625. The van der Waals surface area contributed by atoms with Crippen LogP contribution in [-0.2, 0) is 0 Å². The number of para-hydroxylation sites is 1. The molecule has 0 bridgehead atoms. The van der Waals surface area contributed by atoms with Crippen LogP contribution in [0.15, 0.2) is 24.3 Å². The van der Waals surface area contributed by atoms with Gasteiger partial charge in [-0.15, -0.1) is 0 Å². The second-order valence-corrected chi connectivity index (χ2v) is 6.80. The summed E-state index contributed by atoms with van der Waals surface area (Å²) in [6.07, 6.45) is 5.73. The Labute approximate surface area is 110 Å². The van der Waals surface area contributed by atoms with Crippen LogP contribution in [-0.4, -0.2) is 5.60 Å². The molecule has 18 heavy (non-hydrogen) atoms. The fourth-order valence-electron chi connectivity index (χ4n) is 3.35. The first-order valence-electron chi connectivity index (χ1n) is 7.03. The Kier molecular flexibility index (Phi) is 2.67. The van der Waals surface area contributed by atoms with Crippen LogP contribution in [0.1, 0.15) is 57.6 Å². The third-order valence-electron chi connectivity index (χ3n) is 4.75. The van der Waals surface area contributed by atoms with Gasteiger partial charge in [-0.05, 0) is 37.2 Å². The van der Waals surface area contributed by atoms with Crippen LogP contribution in [0.3, 0.4) is 0 Å². The summed E-state index contributed by atoms with van der Waals surface area (Å²) in [5.41, 5.74) is 7.98. The number of nitrogens with two attached hydrogens (primary N) is 1. The average molecular weight is 245 g/mol. The molecule has 0 aromatic heterocycles. The standard InChI is InChI=1S/C16H23NO/c1-15(2)7-9-16(10-8-15)11-13(17)12-5-3-4-6-14(12)18-16/h3-6,13H,7-11,17H2,1-2H3. The minimum atomic E-state index is 0.00326. The predicted molar refractivity (Wildman–Crippen MR) is 73.6 cm³/mol. The lowest BCUT2D eigenvalue weighted by Gasteiger charge is -2.47. The van der Waals surface area contributed by atoms with Gasteiger partial charge in [-0.3, -0.25) is 0 Å². The molecule has 1 aromatic rings. The number of fused-ring (bicyclic) bond motifs is 1. The number of ether oxygens (including phenoxy) is 1. The van der Waals surface area contributed by atoms with Gasteiger partial charge < -0.3 is 10.5 Å². The molecule has 1 aliphatic heterocycles. The number of hydrogen-bond donors (Lipinski definition) is 1. The maximum Gasteiger partial charge on any atom is 0.124 e. The van der Waals surface area contributed by atoms with Gasteiger partial charge in [0.2, 0.25) is 0 Å². The number of hydrogen-bond acceptors (Lipinski definition) is 2. The Hall–Kier alpha value is -1.02. The van der Waals surface area contributed by atoms with Crippen LogP contribution >= 0.6 is 0 Å². The van der Waals surface area contributed by atoms with E-state index in [1.165, 1.54) is 18.4 Å². The van der Waals surface area contributed by atoms with E-state index in [9.17, 15) is 0 Å². The molecule has 1 saturated carbocycles. The van der Waals surface area contributed by atoms with E-state index in [2.05, 4.69) is 26.0 Å². The number of benzene rings is 1. The van der Waals surface area contributed by atoms with Crippen molar-refractivity contribution in [3.05, 3.63) is 29.8 Å². The molecule has 1 atom stereocenters. The molecule has 1 heterocycles. The van der Waals surface area contributed by atoms with Crippen molar-refractivity contribution in [3.8, 4) is 5.75 Å². The molecule has 0 radical (unpaired) electrons. The second-order valence-electron chi connectivity index (χ2n) is 6.80. The van der Waals surface area contributed by atoms with Crippen molar-refractivity contribution in [1.29, 1.82) is 0 Å². The first-order chi connectivity index (χ1) is 8.50. The third-order valence-corrected chi connectivity index (χ3v) is 4.75. The molecule has 2 heteroatoms. The molecular formula is C16H23NO. The lowest BCUT2D eigenvalue weighted by atomic mass is 9.68. The molecule has 1 fully saturated rings. The molecule has 1 aromatic carbocycles. The van der Waals surface area contributed by atoms with Crippen molar-refractivity contribution in [2.45, 2.75) is 57.6 Å². The average Bonchev–Trinajstić information content (AvgIpc) is 2.34. The first-order valence-corrected chi connectivity index (χ1v) is 7.03. The zero-order chi connectivity index (χ0) is 12.8. The molecule has 2 nitrogen and oxygen atoms in total. The van der Waals surface area contributed by atoms with Crippen molar-refractivity contribution < 1.29 is 4.74 Å². The molecule has 2 N–H and O–H groups in total. The highest BCUT2D eigenvalue weighted by Gasteiger charge is 2.44. The summed E-state index contributed by atoms with van der Waals surface area (Å²) in [6, 6.07) is 8.38. The zero-order valence-electron chi connectivity index (χ0n) is 11.4. The minimum Gasteiger partial charge on any atom is -0.487 e. The van der Waals surface area contributed by atoms with Crippen molar-refractivity contribution in [3.63, 3.8) is 0 Å². The van der Waals surface area contributed by atoms with Gasteiger partial charge in [0.05, 0.1) is 0 Å². The van der Waals surface area contributed by atoms with E-state index in [1.807, 2.05) is 12.1 Å². The minimum absolute atomic E-state index is 0.00326. The van der Waals surface area contributed by atoms with Gasteiger partial charge in [-0.2, -0.15) is 0 Å². The van der Waals surface area contributed by atoms with E-state index in [0.717, 1.165) is 25.0 Å². The van der Waals surface area contributed by atoms with Crippen molar-refractivity contribution in [1.82, 2.24) is 0 Å². The SMILES string of the molecule is CC1(C)CCC2(CC1)CC(N)c1ccccc1O2. The van der Waals surface area contributed by atoms with Gasteiger partial charge in [-0.1, -0.05) is 32.0 Å². The van der Waals surface area contributed by atoms with E-state index in [1.54, 1.807) is 0 Å². The quantitative estimate of drug-likeness (QED) is 0.754. The fourth-order valence-corrected chi connectivity index (χ4v) is 3.35. The first kappa shape index (κ1) is 12.0. The van der Waals surface area contributed by atoms with Crippen molar-refractivity contribution >= 4 is 0 Å². The van der Waals surface area contributed by atoms with Crippen molar-refractivity contribution in [2.24, 2.45) is 11.1 Å². The largest absolute Gasteiger partial charge is 0.487 e. The molecule has 0 amide bonds. The Morgan fingerprint density at radius 2 is 1.78 bits per heavy atom. The zero-order valence-corrected chi connectivity index (χ0v) is 11.4. The van der Waals surface area contributed by atoms with Gasteiger partial charge in [0.15, 0.2) is 0 Å². The molecule has 2 aliphatic rings. The Morgan fingerprint density at radius 1 is 1.11 bits per heavy atom. The molecule has 0 saturated heterocycles. The molecule has 1 unspecified atom stereocenters. The summed E-state index contributed by atoms with van der Waals surface area (Å²) < 4.78 is 6.34. The third kappa shape index (κ3) is 2.03. The van der Waals surface area contributed by atoms with E-state index in [0.29, 0.717) is 5.41 Å². The highest BCUT2D eigenvalue weighted by molar-refractivity contribution is 5.38. The maximum absolute atomic E-state index is 6.34. The van der Waals surface area contributed by atoms with Crippen molar-refractivity contribution in [2.75, 3.05) is 0 Å². The van der Waals surface area contributed by atoms with Crippen LogP contribution in [0.4, 0.5) is 0 Å². The van der Waals surface area contributed by atoms with Crippen LogP contribution in [0, 0.1) is 5.41 Å². The lowest BCUT2D eigenvalue weighted by Crippen LogP contribution is -2.46. The van der Waals surface area contributed by atoms with Crippen LogP contribution in [0.5, 0.6) is 5.75 Å². The molecule has 3 rings (SSSR count). The predicted octanol–water partition coefficient (Wildman–Crippen LogP) is 3.81. The molecule has 98 valence electrons. The number of rotatable bonds is 0. The van der Waals surface area contributed by atoms with Crippen LogP contribution in [0.2, 0.25) is 0 Å². The van der Waals surface area contributed by atoms with E-state index >= 15 is 0 Å². The summed E-state index contributed by atoms with van der Waals surface area (Å²) in [5.74, 6) is 1.01. The molecule has 1 aliphatic carbocycles. The van der Waals surface area contributed by atoms with Crippen LogP contribution < -0.4 is 10.5 Å². The topological polar surface area (TPSA) is 35.2 Å². The summed E-state index contributed by atoms with van der Waals surface area (Å²) in [6.45, 7) is 4.72. The van der Waals surface area contributed by atoms with Gasteiger partial charge in [-0.25, -0.2) is 0 Å². The Bertz CT molecular complexity index is 442. The lowest BCUT2D eigenvalue weighted by molar-refractivity contribution is -0.0259. The highest BCUT2D eigenvalue weighted by Crippen LogP contribution is 2.49. The highest BCUT2D eigenvalue weighted by atomic mass is 16.5. The van der Waals surface area contributed by atoms with Gasteiger partial charge in [0.25, 0.3) is 0 Å². The normalized spacial score (nSPS) is 28.5. The molecule has 1 spiro atoms. The maximum atomic E-state index is 6.34. The van der Waals surface area contributed by atoms with E-state index in [4.69, 9.17) is 10.5 Å². The summed E-state index contributed by atoms with van der Waals surface area (Å²) >= 11 is 0. The monoisotopic (exact) mass is 245 g/mol. The van der Waals surface area contributed by atoms with E-state index < -0.39 is 0 Å². The van der Waals surface area contributed by atoms with Crippen LogP contribution in [0.25, 0.3) is 0 Å². The van der Waals surface area contributed by atoms with Gasteiger partial charge >= 0.3 is 0 Å². The van der Waals surface area contributed by atoms with Gasteiger partial charge in [0, 0.05) is 18.0 Å². The van der Waals surface area contributed by atoms with E-state index in [-0.39, 0.29) is 11.6 Å². The van der Waals surface area contributed by atoms with Gasteiger partial charge in [0.1, 0.15) is 11.4 Å². The smallest absolute Gasteiger partial charge is 0.124 e.